The number of aliphatic hydroxyl groups is 1. The van der Waals surface area contributed by atoms with Gasteiger partial charge in [-0.25, -0.2) is 4.39 Å². The van der Waals surface area contributed by atoms with Crippen LogP contribution in [-0.2, 0) is 10.2 Å². The van der Waals surface area contributed by atoms with E-state index in [0.29, 0.717) is 6.54 Å². The van der Waals surface area contributed by atoms with Crippen LogP contribution < -0.4 is 5.32 Å². The molecule has 0 unspecified atom stereocenters. The summed E-state index contributed by atoms with van der Waals surface area (Å²) in [6.45, 7) is 4.77. The summed E-state index contributed by atoms with van der Waals surface area (Å²) in [6.07, 6.45) is 5.26. The quantitative estimate of drug-likeness (QED) is 0.755. The van der Waals surface area contributed by atoms with Gasteiger partial charge in [-0.05, 0) is 48.8 Å². The first kappa shape index (κ1) is 17.9. The van der Waals surface area contributed by atoms with Gasteiger partial charge in [-0.1, -0.05) is 38.8 Å². The fourth-order valence-corrected chi connectivity index (χ4v) is 3.43. The van der Waals surface area contributed by atoms with Crippen molar-refractivity contribution in [1.29, 1.82) is 0 Å². The molecule has 0 bridgehead atoms. The average Bonchev–Trinajstić information content (AvgIpc) is 3.02. The van der Waals surface area contributed by atoms with E-state index >= 15 is 0 Å². The predicted octanol–water partition coefficient (Wildman–Crippen LogP) is 3.55. The number of hydrogen-bond acceptors (Lipinski definition) is 2. The maximum absolute atomic E-state index is 13.6. The molecule has 0 spiro atoms. The van der Waals surface area contributed by atoms with Crippen molar-refractivity contribution in [1.82, 2.24) is 5.32 Å². The lowest BCUT2D eigenvalue weighted by atomic mass is 9.78. The minimum Gasteiger partial charge on any atom is -0.396 e. The molecule has 0 saturated heterocycles. The molecular formula is C19H28FNO2. The number of carbonyl (C=O) groups is 1. The van der Waals surface area contributed by atoms with Crippen LogP contribution in [0, 0.1) is 11.2 Å². The first-order valence-electron chi connectivity index (χ1n) is 8.55. The zero-order chi connectivity index (χ0) is 16.9. The number of rotatable bonds is 7. The van der Waals surface area contributed by atoms with Gasteiger partial charge in [-0.3, -0.25) is 4.79 Å². The van der Waals surface area contributed by atoms with Crippen LogP contribution in [0.3, 0.4) is 0 Å². The molecule has 128 valence electrons. The Hall–Kier alpha value is -1.42. The molecule has 4 heteroatoms. The molecule has 3 nitrogen and oxygen atoms in total. The summed E-state index contributed by atoms with van der Waals surface area (Å²) < 4.78 is 13.6. The van der Waals surface area contributed by atoms with Crippen molar-refractivity contribution in [2.75, 3.05) is 13.2 Å². The molecule has 23 heavy (non-hydrogen) atoms. The molecule has 0 atom stereocenters. The van der Waals surface area contributed by atoms with Crippen molar-refractivity contribution in [2.45, 2.75) is 57.8 Å². The van der Waals surface area contributed by atoms with Gasteiger partial charge in [0.2, 0.25) is 5.91 Å². The number of hydrogen-bond donors (Lipinski definition) is 2. The highest BCUT2D eigenvalue weighted by molar-refractivity contribution is 5.88. The van der Waals surface area contributed by atoms with Gasteiger partial charge >= 0.3 is 0 Å². The van der Waals surface area contributed by atoms with E-state index < -0.39 is 5.41 Å². The molecule has 2 rings (SSSR count). The number of nitrogens with one attached hydrogen (secondary N) is 1. The van der Waals surface area contributed by atoms with Crippen molar-refractivity contribution in [3.05, 3.63) is 35.6 Å². The molecule has 0 aliphatic heterocycles. The third-order valence-electron chi connectivity index (χ3n) is 5.01. The fourth-order valence-electron chi connectivity index (χ4n) is 3.43. The molecule has 1 saturated carbocycles. The lowest BCUT2D eigenvalue weighted by molar-refractivity contribution is -0.126. The maximum Gasteiger partial charge on any atom is 0.230 e. The molecule has 1 aliphatic carbocycles. The van der Waals surface area contributed by atoms with Crippen LogP contribution in [0.25, 0.3) is 0 Å². The summed E-state index contributed by atoms with van der Waals surface area (Å²) in [4.78, 5) is 12.8. The van der Waals surface area contributed by atoms with Crippen LogP contribution >= 0.6 is 0 Å². The Labute approximate surface area is 138 Å². The lowest BCUT2D eigenvalue weighted by Crippen LogP contribution is -2.43. The van der Waals surface area contributed by atoms with Crippen LogP contribution in [0.2, 0.25) is 0 Å². The van der Waals surface area contributed by atoms with E-state index in [1.807, 2.05) is 19.9 Å². The van der Waals surface area contributed by atoms with Crippen LogP contribution in [0.15, 0.2) is 24.3 Å². The topological polar surface area (TPSA) is 49.3 Å². The summed E-state index contributed by atoms with van der Waals surface area (Å²) >= 11 is 0. The highest BCUT2D eigenvalue weighted by Gasteiger charge is 2.42. The van der Waals surface area contributed by atoms with Gasteiger partial charge in [0.25, 0.3) is 0 Å². The summed E-state index contributed by atoms with van der Waals surface area (Å²) in [5, 5.41) is 12.3. The van der Waals surface area contributed by atoms with Crippen molar-refractivity contribution in [3.8, 4) is 0 Å². The second kappa shape index (κ2) is 7.43. The Bertz CT molecular complexity index is 536. The third kappa shape index (κ3) is 4.31. The summed E-state index contributed by atoms with van der Waals surface area (Å²) in [5.41, 5.74) is 0.107. The van der Waals surface area contributed by atoms with Crippen molar-refractivity contribution < 1.29 is 14.3 Å². The summed E-state index contributed by atoms with van der Waals surface area (Å²) in [5.74, 6) is -0.270. The first-order chi connectivity index (χ1) is 10.9. The Morgan fingerprint density at radius 2 is 2.04 bits per heavy atom. The minimum atomic E-state index is -0.575. The first-order valence-corrected chi connectivity index (χ1v) is 8.55. The van der Waals surface area contributed by atoms with E-state index in [1.165, 1.54) is 12.1 Å². The number of carbonyl (C=O) groups excluding carboxylic acids is 1. The standard InChI is InChI=1S/C19H28FNO2/c1-18(2,14-22)9-6-12-21-17(23)19(10-3-4-11-19)15-7-5-8-16(20)13-15/h5,7-8,13,22H,3-4,6,9-12,14H2,1-2H3,(H,21,23). The molecule has 1 aliphatic rings. The SMILES string of the molecule is CC(C)(CO)CCCNC(=O)C1(c2cccc(F)c2)CCCC1. The van der Waals surface area contributed by atoms with Crippen molar-refractivity contribution in [3.63, 3.8) is 0 Å². The normalized spacial score (nSPS) is 17.2. The smallest absolute Gasteiger partial charge is 0.230 e. The van der Waals surface area contributed by atoms with E-state index in [4.69, 9.17) is 0 Å². The summed E-state index contributed by atoms with van der Waals surface area (Å²) in [6, 6.07) is 6.46. The monoisotopic (exact) mass is 321 g/mol. The molecule has 1 aromatic rings. The number of aliphatic hydroxyl groups excluding tert-OH is 1. The Kier molecular flexibility index (Phi) is 5.79. The van der Waals surface area contributed by atoms with Crippen molar-refractivity contribution >= 4 is 5.91 Å². The molecule has 1 amide bonds. The zero-order valence-corrected chi connectivity index (χ0v) is 14.2. The molecule has 0 heterocycles. The van der Waals surface area contributed by atoms with Gasteiger partial charge < -0.3 is 10.4 Å². The Balaban J connectivity index is 2.00. The predicted molar refractivity (Wildman–Crippen MR) is 89.7 cm³/mol. The highest BCUT2D eigenvalue weighted by atomic mass is 19.1. The van der Waals surface area contributed by atoms with Gasteiger partial charge in [0.05, 0.1) is 5.41 Å². The second-order valence-corrected chi connectivity index (χ2v) is 7.48. The fraction of sp³-hybridized carbons (Fsp3) is 0.632. The largest absolute Gasteiger partial charge is 0.396 e. The van der Waals surface area contributed by atoms with Gasteiger partial charge in [-0.2, -0.15) is 0 Å². The van der Waals surface area contributed by atoms with Crippen molar-refractivity contribution in [2.24, 2.45) is 5.41 Å². The molecular weight excluding hydrogens is 293 g/mol. The lowest BCUT2D eigenvalue weighted by Gasteiger charge is -2.29. The Morgan fingerprint density at radius 3 is 2.65 bits per heavy atom. The number of amides is 1. The zero-order valence-electron chi connectivity index (χ0n) is 14.2. The van der Waals surface area contributed by atoms with Gasteiger partial charge in [0.15, 0.2) is 0 Å². The van der Waals surface area contributed by atoms with Gasteiger partial charge in [-0.15, -0.1) is 0 Å². The maximum atomic E-state index is 13.6. The number of halogens is 1. The third-order valence-corrected chi connectivity index (χ3v) is 5.01. The van der Waals surface area contributed by atoms with E-state index in [-0.39, 0.29) is 23.7 Å². The van der Waals surface area contributed by atoms with Crippen LogP contribution in [-0.4, -0.2) is 24.2 Å². The van der Waals surface area contributed by atoms with Gasteiger partial charge in [0, 0.05) is 13.2 Å². The summed E-state index contributed by atoms with van der Waals surface area (Å²) in [7, 11) is 0. The molecule has 1 fully saturated rings. The average molecular weight is 321 g/mol. The number of benzene rings is 1. The Morgan fingerprint density at radius 1 is 1.35 bits per heavy atom. The van der Waals surface area contributed by atoms with Crippen LogP contribution in [0.1, 0.15) is 57.9 Å². The highest BCUT2D eigenvalue weighted by Crippen LogP contribution is 2.41. The minimum absolute atomic E-state index is 0.0161. The molecule has 1 aromatic carbocycles. The van der Waals surface area contributed by atoms with E-state index in [2.05, 4.69) is 5.32 Å². The second-order valence-electron chi connectivity index (χ2n) is 7.48. The van der Waals surface area contributed by atoms with Crippen LogP contribution in [0.4, 0.5) is 4.39 Å². The van der Waals surface area contributed by atoms with E-state index in [0.717, 1.165) is 44.1 Å². The van der Waals surface area contributed by atoms with Gasteiger partial charge in [0.1, 0.15) is 5.82 Å². The van der Waals surface area contributed by atoms with E-state index in [1.54, 1.807) is 6.07 Å². The van der Waals surface area contributed by atoms with Crippen LogP contribution in [0.5, 0.6) is 0 Å². The molecule has 2 N–H and O–H groups in total. The molecule has 0 radical (unpaired) electrons. The molecule has 0 aromatic heterocycles. The van der Waals surface area contributed by atoms with E-state index in [9.17, 15) is 14.3 Å².